The molecule has 1 aliphatic heterocycles. The van der Waals surface area contributed by atoms with Gasteiger partial charge in [-0.1, -0.05) is 23.7 Å². The van der Waals surface area contributed by atoms with E-state index < -0.39 is 0 Å². The number of piperidine rings is 1. The standard InChI is InChI=1S/C22H23ClN4O3/c1-14-24-18-6-4-3-5-17(18)21(28)27(14)16-9-11-26(12-10-16)22(29)25-19-13-15(23)7-8-20(19)30-2/h3-8,13,16H,9-12H2,1-2H3,(H,25,29). The van der Waals surface area contributed by atoms with Gasteiger partial charge in [0.15, 0.2) is 0 Å². The first kappa shape index (κ1) is 20.2. The number of nitrogens with one attached hydrogen (secondary N) is 1. The van der Waals surface area contributed by atoms with Crippen LogP contribution in [0, 0.1) is 6.92 Å². The molecule has 7 nitrogen and oxygen atoms in total. The zero-order valence-corrected chi connectivity index (χ0v) is 17.6. The number of amides is 2. The molecule has 1 aromatic heterocycles. The molecule has 1 saturated heterocycles. The molecule has 0 radical (unpaired) electrons. The summed E-state index contributed by atoms with van der Waals surface area (Å²) in [6, 6.07) is 12.3. The van der Waals surface area contributed by atoms with E-state index in [1.807, 2.05) is 31.2 Å². The lowest BCUT2D eigenvalue weighted by Crippen LogP contribution is -2.43. The number of likely N-dealkylation sites (tertiary alicyclic amines) is 1. The Hall–Kier alpha value is -3.06. The van der Waals surface area contributed by atoms with Gasteiger partial charge in [-0.15, -0.1) is 0 Å². The number of rotatable bonds is 3. The maximum atomic E-state index is 13.0. The number of nitrogens with zero attached hydrogens (tertiary/aromatic N) is 3. The van der Waals surface area contributed by atoms with Crippen LogP contribution in [0.2, 0.25) is 5.02 Å². The highest BCUT2D eigenvalue weighted by molar-refractivity contribution is 6.31. The Morgan fingerprint density at radius 2 is 1.93 bits per heavy atom. The lowest BCUT2D eigenvalue weighted by molar-refractivity contribution is 0.182. The Morgan fingerprint density at radius 1 is 1.20 bits per heavy atom. The van der Waals surface area contributed by atoms with Gasteiger partial charge < -0.3 is 15.0 Å². The van der Waals surface area contributed by atoms with Gasteiger partial charge in [-0.2, -0.15) is 0 Å². The summed E-state index contributed by atoms with van der Waals surface area (Å²) >= 11 is 6.04. The van der Waals surface area contributed by atoms with Gasteiger partial charge in [-0.3, -0.25) is 9.36 Å². The molecular formula is C22H23ClN4O3. The Labute approximate surface area is 179 Å². The summed E-state index contributed by atoms with van der Waals surface area (Å²) in [5.74, 6) is 1.25. The number of ether oxygens (including phenoxy) is 1. The molecule has 2 amide bonds. The molecule has 1 N–H and O–H groups in total. The first-order chi connectivity index (χ1) is 14.5. The highest BCUT2D eigenvalue weighted by Gasteiger charge is 2.26. The monoisotopic (exact) mass is 426 g/mol. The molecule has 2 heterocycles. The highest BCUT2D eigenvalue weighted by atomic mass is 35.5. The van der Waals surface area contributed by atoms with Gasteiger partial charge in [0.05, 0.1) is 23.7 Å². The van der Waals surface area contributed by atoms with Crippen molar-refractivity contribution in [3.05, 3.63) is 63.7 Å². The second-order valence-corrected chi connectivity index (χ2v) is 7.78. The number of carbonyl (C=O) groups is 1. The third kappa shape index (κ3) is 3.85. The van der Waals surface area contributed by atoms with E-state index in [9.17, 15) is 9.59 Å². The summed E-state index contributed by atoms with van der Waals surface area (Å²) in [5, 5.41) is 4.01. The molecule has 2 aromatic carbocycles. The number of benzene rings is 2. The van der Waals surface area contributed by atoms with Crippen molar-refractivity contribution in [2.75, 3.05) is 25.5 Å². The fourth-order valence-electron chi connectivity index (χ4n) is 3.99. The van der Waals surface area contributed by atoms with Gasteiger partial charge in [0.1, 0.15) is 11.6 Å². The molecule has 30 heavy (non-hydrogen) atoms. The fourth-order valence-corrected chi connectivity index (χ4v) is 4.16. The minimum atomic E-state index is -0.213. The fraction of sp³-hybridized carbons (Fsp3) is 0.318. The Balaban J connectivity index is 1.48. The molecule has 8 heteroatoms. The van der Waals surface area contributed by atoms with Crippen LogP contribution in [-0.2, 0) is 0 Å². The van der Waals surface area contributed by atoms with E-state index in [0.717, 1.165) is 0 Å². The van der Waals surface area contributed by atoms with Crippen LogP contribution in [0.1, 0.15) is 24.7 Å². The molecule has 0 spiro atoms. The quantitative estimate of drug-likeness (QED) is 0.679. The van der Waals surface area contributed by atoms with Gasteiger partial charge in [-0.25, -0.2) is 9.78 Å². The molecule has 0 aliphatic carbocycles. The number of urea groups is 1. The Bertz CT molecular complexity index is 1150. The number of hydrogen-bond acceptors (Lipinski definition) is 4. The van der Waals surface area contributed by atoms with Crippen molar-refractivity contribution in [1.82, 2.24) is 14.5 Å². The van der Waals surface area contributed by atoms with Crippen LogP contribution in [0.3, 0.4) is 0 Å². The second-order valence-electron chi connectivity index (χ2n) is 7.34. The predicted molar refractivity (Wildman–Crippen MR) is 118 cm³/mol. The van der Waals surface area contributed by atoms with E-state index >= 15 is 0 Å². The topological polar surface area (TPSA) is 76.5 Å². The van der Waals surface area contributed by atoms with Crippen LogP contribution in [-0.4, -0.2) is 40.7 Å². The third-order valence-corrected chi connectivity index (χ3v) is 5.74. The van der Waals surface area contributed by atoms with Crippen molar-refractivity contribution in [3.63, 3.8) is 0 Å². The van der Waals surface area contributed by atoms with E-state index in [1.54, 1.807) is 34.8 Å². The molecule has 0 saturated carbocycles. The van der Waals surface area contributed by atoms with Crippen LogP contribution < -0.4 is 15.6 Å². The second kappa shape index (κ2) is 8.36. The molecule has 3 aromatic rings. The zero-order chi connectivity index (χ0) is 21.3. The molecule has 0 unspecified atom stereocenters. The minimum Gasteiger partial charge on any atom is -0.495 e. The number of methoxy groups -OCH3 is 1. The average Bonchev–Trinajstić information content (AvgIpc) is 2.74. The largest absolute Gasteiger partial charge is 0.495 e. The van der Waals surface area contributed by atoms with Crippen LogP contribution in [0.25, 0.3) is 10.9 Å². The number of aryl methyl sites for hydroxylation is 1. The number of aromatic nitrogens is 2. The lowest BCUT2D eigenvalue weighted by atomic mass is 10.0. The summed E-state index contributed by atoms with van der Waals surface area (Å²) in [5.41, 5.74) is 1.22. The third-order valence-electron chi connectivity index (χ3n) is 5.50. The van der Waals surface area contributed by atoms with E-state index in [0.29, 0.717) is 59.1 Å². The summed E-state index contributed by atoms with van der Waals surface area (Å²) in [7, 11) is 1.54. The average molecular weight is 427 g/mol. The van der Waals surface area contributed by atoms with E-state index in [-0.39, 0.29) is 17.6 Å². The number of para-hydroxylation sites is 1. The van der Waals surface area contributed by atoms with Crippen LogP contribution >= 0.6 is 11.6 Å². The first-order valence-corrected chi connectivity index (χ1v) is 10.2. The van der Waals surface area contributed by atoms with E-state index in [2.05, 4.69) is 10.3 Å². The Morgan fingerprint density at radius 3 is 2.67 bits per heavy atom. The van der Waals surface area contributed by atoms with Crippen molar-refractivity contribution >= 4 is 34.2 Å². The Kier molecular flexibility index (Phi) is 5.63. The first-order valence-electron chi connectivity index (χ1n) is 9.85. The summed E-state index contributed by atoms with van der Waals surface area (Å²) in [4.78, 5) is 32.1. The van der Waals surface area contributed by atoms with Crippen LogP contribution in [0.4, 0.5) is 10.5 Å². The number of halogens is 1. The van der Waals surface area contributed by atoms with Gasteiger partial charge in [0, 0.05) is 24.2 Å². The van der Waals surface area contributed by atoms with E-state index in [1.165, 1.54) is 0 Å². The van der Waals surface area contributed by atoms with Gasteiger partial charge in [0.2, 0.25) is 0 Å². The molecule has 4 rings (SSSR count). The SMILES string of the molecule is COc1ccc(Cl)cc1NC(=O)N1CCC(n2c(C)nc3ccccc3c2=O)CC1. The van der Waals surface area contributed by atoms with Crippen molar-refractivity contribution in [1.29, 1.82) is 0 Å². The highest BCUT2D eigenvalue weighted by Crippen LogP contribution is 2.29. The van der Waals surface area contributed by atoms with Crippen LogP contribution in [0.15, 0.2) is 47.3 Å². The van der Waals surface area contributed by atoms with E-state index in [4.69, 9.17) is 16.3 Å². The van der Waals surface area contributed by atoms with Crippen molar-refractivity contribution in [2.24, 2.45) is 0 Å². The predicted octanol–water partition coefficient (Wildman–Crippen LogP) is 4.24. The van der Waals surface area contributed by atoms with Crippen LogP contribution in [0.5, 0.6) is 5.75 Å². The number of hydrogen-bond donors (Lipinski definition) is 1. The molecular weight excluding hydrogens is 404 g/mol. The molecule has 1 aliphatic rings. The minimum absolute atomic E-state index is 0.0133. The number of carbonyl (C=O) groups excluding carboxylic acids is 1. The molecule has 0 atom stereocenters. The van der Waals surface area contributed by atoms with Crippen molar-refractivity contribution in [2.45, 2.75) is 25.8 Å². The maximum absolute atomic E-state index is 13.0. The zero-order valence-electron chi connectivity index (χ0n) is 16.9. The van der Waals surface area contributed by atoms with Crippen molar-refractivity contribution in [3.8, 4) is 5.75 Å². The number of fused-ring (bicyclic) bond motifs is 1. The molecule has 1 fully saturated rings. The summed E-state index contributed by atoms with van der Waals surface area (Å²) in [6.45, 7) is 2.94. The summed E-state index contributed by atoms with van der Waals surface area (Å²) < 4.78 is 7.06. The summed E-state index contributed by atoms with van der Waals surface area (Å²) in [6.07, 6.45) is 1.36. The van der Waals surface area contributed by atoms with Gasteiger partial charge >= 0.3 is 6.03 Å². The van der Waals surface area contributed by atoms with Gasteiger partial charge in [0.25, 0.3) is 5.56 Å². The molecule has 156 valence electrons. The number of anilines is 1. The normalized spacial score (nSPS) is 14.7. The maximum Gasteiger partial charge on any atom is 0.321 e. The van der Waals surface area contributed by atoms with Gasteiger partial charge in [-0.05, 0) is 50.1 Å². The molecule has 0 bridgehead atoms. The smallest absolute Gasteiger partial charge is 0.321 e. The van der Waals surface area contributed by atoms with Crippen molar-refractivity contribution < 1.29 is 9.53 Å². The lowest BCUT2D eigenvalue weighted by Gasteiger charge is -2.33.